The van der Waals surface area contributed by atoms with Gasteiger partial charge in [0, 0.05) is 18.7 Å². The van der Waals surface area contributed by atoms with Crippen molar-refractivity contribution in [1.82, 2.24) is 5.32 Å². The quantitative estimate of drug-likeness (QED) is 0.772. The highest BCUT2D eigenvalue weighted by Gasteiger charge is 2.19. The molecular formula is C13H12Br2FNS. The standard InChI is InChI=1S/C13H12Br2FNS/c1-7-5-11(15)13(18-7)12(17-2)9-4-3-8(16)6-10(9)14/h3-6,12,17H,1-2H3. The van der Waals surface area contributed by atoms with Gasteiger partial charge in [-0.3, -0.25) is 0 Å². The number of benzene rings is 1. The minimum Gasteiger partial charge on any atom is -0.309 e. The lowest BCUT2D eigenvalue weighted by Gasteiger charge is -2.17. The molecule has 2 rings (SSSR count). The van der Waals surface area contributed by atoms with Gasteiger partial charge in [0.15, 0.2) is 0 Å². The summed E-state index contributed by atoms with van der Waals surface area (Å²) in [5.41, 5.74) is 1.03. The minimum atomic E-state index is -0.234. The number of halogens is 3. The molecule has 0 aliphatic rings. The summed E-state index contributed by atoms with van der Waals surface area (Å²) in [7, 11) is 1.90. The lowest BCUT2D eigenvalue weighted by Crippen LogP contribution is -2.17. The van der Waals surface area contributed by atoms with Gasteiger partial charge in [-0.1, -0.05) is 22.0 Å². The number of aryl methyl sites for hydroxylation is 1. The fraction of sp³-hybridized carbons (Fsp3) is 0.231. The molecule has 0 fully saturated rings. The fourth-order valence-electron chi connectivity index (χ4n) is 1.86. The Morgan fingerprint density at radius 3 is 2.44 bits per heavy atom. The third kappa shape index (κ3) is 2.85. The maximum atomic E-state index is 13.1. The smallest absolute Gasteiger partial charge is 0.124 e. The van der Waals surface area contributed by atoms with Crippen molar-refractivity contribution >= 4 is 43.2 Å². The van der Waals surface area contributed by atoms with E-state index in [1.807, 2.05) is 13.1 Å². The largest absolute Gasteiger partial charge is 0.309 e. The lowest BCUT2D eigenvalue weighted by molar-refractivity contribution is 0.622. The van der Waals surface area contributed by atoms with Crippen LogP contribution in [-0.2, 0) is 0 Å². The molecule has 0 aliphatic carbocycles. The Bertz CT molecular complexity index is 568. The summed E-state index contributed by atoms with van der Waals surface area (Å²) in [6.07, 6.45) is 0. The van der Waals surface area contributed by atoms with Crippen LogP contribution in [0.3, 0.4) is 0 Å². The maximum Gasteiger partial charge on any atom is 0.124 e. The van der Waals surface area contributed by atoms with E-state index in [0.717, 1.165) is 14.5 Å². The first kappa shape index (κ1) is 14.2. The van der Waals surface area contributed by atoms with E-state index >= 15 is 0 Å². The van der Waals surface area contributed by atoms with Crippen LogP contribution < -0.4 is 5.32 Å². The van der Waals surface area contributed by atoms with Gasteiger partial charge in [-0.25, -0.2) is 4.39 Å². The first-order valence-electron chi connectivity index (χ1n) is 5.41. The molecule has 2 aromatic rings. The highest BCUT2D eigenvalue weighted by Crippen LogP contribution is 2.37. The lowest BCUT2D eigenvalue weighted by atomic mass is 10.1. The number of nitrogens with one attached hydrogen (secondary N) is 1. The van der Waals surface area contributed by atoms with Gasteiger partial charge in [-0.2, -0.15) is 0 Å². The average molecular weight is 393 g/mol. The zero-order valence-electron chi connectivity index (χ0n) is 9.93. The number of hydrogen-bond donors (Lipinski definition) is 1. The molecule has 1 nitrogen and oxygen atoms in total. The van der Waals surface area contributed by atoms with Crippen molar-refractivity contribution in [2.75, 3.05) is 7.05 Å². The van der Waals surface area contributed by atoms with Crippen molar-refractivity contribution in [2.24, 2.45) is 0 Å². The second-order valence-electron chi connectivity index (χ2n) is 3.96. The zero-order chi connectivity index (χ0) is 13.3. The first-order valence-corrected chi connectivity index (χ1v) is 7.81. The molecule has 0 bridgehead atoms. The number of thiophene rings is 1. The SMILES string of the molecule is CNC(c1ccc(F)cc1Br)c1sc(C)cc1Br. The van der Waals surface area contributed by atoms with Crippen LogP contribution in [0.4, 0.5) is 4.39 Å². The first-order chi connectivity index (χ1) is 8.52. The van der Waals surface area contributed by atoms with Gasteiger partial charge >= 0.3 is 0 Å². The van der Waals surface area contributed by atoms with Crippen molar-refractivity contribution in [3.05, 3.63) is 54.3 Å². The molecule has 0 spiro atoms. The van der Waals surface area contributed by atoms with E-state index in [-0.39, 0.29) is 11.9 Å². The summed E-state index contributed by atoms with van der Waals surface area (Å²) < 4.78 is 15.0. The Balaban J connectivity index is 2.48. The average Bonchev–Trinajstić information content (AvgIpc) is 2.62. The minimum absolute atomic E-state index is 0.0491. The van der Waals surface area contributed by atoms with Crippen molar-refractivity contribution in [3.63, 3.8) is 0 Å². The highest BCUT2D eigenvalue weighted by atomic mass is 79.9. The number of rotatable bonds is 3. The predicted molar refractivity (Wildman–Crippen MR) is 81.8 cm³/mol. The van der Waals surface area contributed by atoms with Crippen LogP contribution in [-0.4, -0.2) is 7.05 Å². The molecule has 1 unspecified atom stereocenters. The second-order valence-corrected chi connectivity index (χ2v) is 6.95. The number of hydrogen-bond acceptors (Lipinski definition) is 2. The van der Waals surface area contributed by atoms with E-state index in [4.69, 9.17) is 0 Å². The van der Waals surface area contributed by atoms with Crippen LogP contribution in [0.1, 0.15) is 21.4 Å². The summed E-state index contributed by atoms with van der Waals surface area (Å²) in [6.45, 7) is 2.07. The molecule has 0 amide bonds. The molecule has 5 heteroatoms. The summed E-state index contributed by atoms with van der Waals surface area (Å²) in [5, 5.41) is 3.28. The predicted octanol–water partition coefficient (Wildman–Crippen LogP) is 5.03. The highest BCUT2D eigenvalue weighted by molar-refractivity contribution is 9.10. The molecule has 0 aliphatic heterocycles. The molecule has 1 aromatic heterocycles. The van der Waals surface area contributed by atoms with E-state index in [1.165, 1.54) is 21.9 Å². The van der Waals surface area contributed by atoms with E-state index in [1.54, 1.807) is 11.3 Å². The van der Waals surface area contributed by atoms with E-state index in [9.17, 15) is 4.39 Å². The van der Waals surface area contributed by atoms with E-state index in [0.29, 0.717) is 0 Å². The molecule has 1 atom stereocenters. The molecule has 0 saturated carbocycles. The van der Waals surface area contributed by atoms with Gasteiger partial charge in [0.1, 0.15) is 5.82 Å². The molecule has 96 valence electrons. The van der Waals surface area contributed by atoms with Crippen LogP contribution >= 0.6 is 43.2 Å². The third-order valence-corrected chi connectivity index (χ3v) is 5.38. The second kappa shape index (κ2) is 5.82. The van der Waals surface area contributed by atoms with Gasteiger partial charge in [-0.05, 0) is 53.7 Å². The molecule has 1 heterocycles. The van der Waals surface area contributed by atoms with E-state index in [2.05, 4.69) is 50.2 Å². The Kier molecular flexibility index (Phi) is 4.59. The molecule has 0 radical (unpaired) electrons. The summed E-state index contributed by atoms with van der Waals surface area (Å²) in [6, 6.07) is 6.93. The van der Waals surface area contributed by atoms with Gasteiger partial charge in [0.05, 0.1) is 6.04 Å². The van der Waals surface area contributed by atoms with Crippen molar-refractivity contribution in [1.29, 1.82) is 0 Å². The molecule has 1 aromatic carbocycles. The normalized spacial score (nSPS) is 12.7. The van der Waals surface area contributed by atoms with E-state index < -0.39 is 0 Å². The zero-order valence-corrected chi connectivity index (χ0v) is 13.9. The van der Waals surface area contributed by atoms with Crippen molar-refractivity contribution in [2.45, 2.75) is 13.0 Å². The Labute approximate surface area is 127 Å². The van der Waals surface area contributed by atoms with Gasteiger partial charge in [0.25, 0.3) is 0 Å². The molecule has 1 N–H and O–H groups in total. The molecular weight excluding hydrogens is 381 g/mol. The summed E-state index contributed by atoms with van der Waals surface area (Å²) >= 11 is 8.73. The van der Waals surface area contributed by atoms with Crippen LogP contribution in [0.15, 0.2) is 33.2 Å². The van der Waals surface area contributed by atoms with Gasteiger partial charge < -0.3 is 5.32 Å². The fourth-order valence-corrected chi connectivity index (χ4v) is 4.45. The topological polar surface area (TPSA) is 12.0 Å². The van der Waals surface area contributed by atoms with Crippen LogP contribution in [0.2, 0.25) is 0 Å². The van der Waals surface area contributed by atoms with Crippen LogP contribution in [0, 0.1) is 12.7 Å². The van der Waals surface area contributed by atoms with Crippen molar-refractivity contribution in [3.8, 4) is 0 Å². The third-order valence-electron chi connectivity index (χ3n) is 2.66. The van der Waals surface area contributed by atoms with Gasteiger partial charge in [-0.15, -0.1) is 11.3 Å². The maximum absolute atomic E-state index is 13.1. The Hall–Kier alpha value is -0.230. The summed E-state index contributed by atoms with van der Waals surface area (Å²) in [5.74, 6) is -0.234. The molecule has 18 heavy (non-hydrogen) atoms. The van der Waals surface area contributed by atoms with Gasteiger partial charge in [0.2, 0.25) is 0 Å². The monoisotopic (exact) mass is 391 g/mol. The van der Waals surface area contributed by atoms with Crippen LogP contribution in [0.25, 0.3) is 0 Å². The van der Waals surface area contributed by atoms with Crippen molar-refractivity contribution < 1.29 is 4.39 Å². The Morgan fingerprint density at radius 2 is 1.94 bits per heavy atom. The Morgan fingerprint density at radius 1 is 1.22 bits per heavy atom. The van der Waals surface area contributed by atoms with Crippen LogP contribution in [0.5, 0.6) is 0 Å². The summed E-state index contributed by atoms with van der Waals surface area (Å²) in [4.78, 5) is 2.44. The molecule has 0 saturated heterocycles.